The van der Waals surface area contributed by atoms with Crippen molar-refractivity contribution in [1.82, 2.24) is 14.5 Å². The maximum atomic E-state index is 5.84. The first-order valence-corrected chi connectivity index (χ1v) is 9.12. The molecule has 1 saturated carbocycles. The van der Waals surface area contributed by atoms with E-state index in [9.17, 15) is 0 Å². The Bertz CT molecular complexity index is 618. The van der Waals surface area contributed by atoms with Crippen LogP contribution in [-0.4, -0.2) is 27.6 Å². The summed E-state index contributed by atoms with van der Waals surface area (Å²) in [6, 6.07) is 2.58. The van der Waals surface area contributed by atoms with E-state index in [0.717, 1.165) is 32.2 Å². The minimum absolute atomic E-state index is 0.367. The summed E-state index contributed by atoms with van der Waals surface area (Å²) in [6.45, 7) is 7.01. The van der Waals surface area contributed by atoms with Gasteiger partial charge in [-0.25, -0.2) is 4.98 Å². The molecule has 1 fully saturated rings. The van der Waals surface area contributed by atoms with Crippen LogP contribution in [0.15, 0.2) is 23.0 Å². The van der Waals surface area contributed by atoms with Gasteiger partial charge >= 0.3 is 0 Å². The fraction of sp³-hybridized carbons (Fsp3) is 0.588. The van der Waals surface area contributed by atoms with Crippen molar-refractivity contribution in [2.45, 2.75) is 45.5 Å². The molecule has 1 atom stereocenters. The fourth-order valence-electron chi connectivity index (χ4n) is 3.17. The van der Waals surface area contributed by atoms with Gasteiger partial charge in [-0.15, -0.1) is 0 Å². The molecular formula is C17H23N3OS. The maximum Gasteiger partial charge on any atom is 0.126 e. The van der Waals surface area contributed by atoms with Gasteiger partial charge in [0, 0.05) is 26.2 Å². The first kappa shape index (κ1) is 14.4. The highest BCUT2D eigenvalue weighted by atomic mass is 32.1. The van der Waals surface area contributed by atoms with E-state index in [-0.39, 0.29) is 0 Å². The largest absolute Gasteiger partial charge is 0.375 e. The van der Waals surface area contributed by atoms with Gasteiger partial charge < -0.3 is 9.30 Å². The van der Waals surface area contributed by atoms with Crippen molar-refractivity contribution in [1.29, 1.82) is 0 Å². The van der Waals surface area contributed by atoms with Crippen molar-refractivity contribution in [2.24, 2.45) is 5.92 Å². The van der Waals surface area contributed by atoms with Crippen LogP contribution in [0.3, 0.4) is 0 Å². The number of nitrogens with zero attached hydrogens (tertiary/aromatic N) is 3. The third-order valence-electron chi connectivity index (χ3n) is 4.77. The number of thiophene rings is 1. The molecule has 0 spiro atoms. The number of rotatable bonds is 6. The molecule has 0 saturated heterocycles. The Morgan fingerprint density at radius 3 is 3.05 bits per heavy atom. The summed E-state index contributed by atoms with van der Waals surface area (Å²) in [5, 5.41) is 4.39. The highest BCUT2D eigenvalue weighted by molar-refractivity contribution is 7.07. The third-order valence-corrected chi connectivity index (χ3v) is 5.50. The number of ether oxygens (including phenoxy) is 1. The van der Waals surface area contributed by atoms with E-state index in [0.29, 0.717) is 12.6 Å². The Balaban J connectivity index is 1.42. The molecule has 2 aromatic rings. The van der Waals surface area contributed by atoms with Crippen molar-refractivity contribution >= 4 is 11.3 Å². The predicted octanol–water partition coefficient (Wildman–Crippen LogP) is 3.45. The molecule has 3 heterocycles. The van der Waals surface area contributed by atoms with Crippen LogP contribution in [0.5, 0.6) is 0 Å². The van der Waals surface area contributed by atoms with E-state index < -0.39 is 0 Å². The van der Waals surface area contributed by atoms with Crippen LogP contribution in [0.2, 0.25) is 0 Å². The highest BCUT2D eigenvalue weighted by Gasteiger charge is 2.27. The topological polar surface area (TPSA) is 30.3 Å². The first-order chi connectivity index (χ1) is 10.8. The van der Waals surface area contributed by atoms with Gasteiger partial charge in [-0.3, -0.25) is 4.90 Å². The highest BCUT2D eigenvalue weighted by Crippen LogP contribution is 2.30. The Hall–Kier alpha value is -1.17. The van der Waals surface area contributed by atoms with Gasteiger partial charge in [-0.05, 0) is 48.1 Å². The zero-order valence-corrected chi connectivity index (χ0v) is 13.9. The van der Waals surface area contributed by atoms with Gasteiger partial charge in [0.05, 0.1) is 24.5 Å². The summed E-state index contributed by atoms with van der Waals surface area (Å²) in [5.41, 5.74) is 2.64. The Morgan fingerprint density at radius 1 is 1.36 bits per heavy atom. The van der Waals surface area contributed by atoms with E-state index in [4.69, 9.17) is 4.74 Å². The normalized spacial score (nSPS) is 22.0. The summed E-state index contributed by atoms with van der Waals surface area (Å²) in [7, 11) is 0. The number of hydrogen-bond donors (Lipinski definition) is 0. The molecule has 4 rings (SSSR count). The smallest absolute Gasteiger partial charge is 0.126 e. The molecule has 2 aliphatic rings. The zero-order chi connectivity index (χ0) is 14.9. The molecule has 4 nitrogen and oxygen atoms in total. The lowest BCUT2D eigenvalue weighted by atomic mass is 10.2. The van der Waals surface area contributed by atoms with Gasteiger partial charge in [0.2, 0.25) is 0 Å². The van der Waals surface area contributed by atoms with Gasteiger partial charge in [0.1, 0.15) is 5.82 Å². The van der Waals surface area contributed by atoms with E-state index >= 15 is 0 Å². The van der Waals surface area contributed by atoms with Crippen molar-refractivity contribution in [3.8, 4) is 0 Å². The minimum Gasteiger partial charge on any atom is -0.375 e. The Kier molecular flexibility index (Phi) is 4.03. The number of imidazole rings is 1. The quantitative estimate of drug-likeness (QED) is 0.817. The lowest BCUT2D eigenvalue weighted by Crippen LogP contribution is -2.37. The van der Waals surface area contributed by atoms with Crippen LogP contribution >= 0.6 is 11.3 Å². The molecule has 22 heavy (non-hydrogen) atoms. The summed E-state index contributed by atoms with van der Waals surface area (Å²) in [4.78, 5) is 7.19. The van der Waals surface area contributed by atoms with Crippen LogP contribution in [0, 0.1) is 5.92 Å². The molecule has 1 aliphatic heterocycles. The van der Waals surface area contributed by atoms with E-state index in [1.54, 1.807) is 11.3 Å². The number of aromatic nitrogens is 2. The monoisotopic (exact) mass is 317 g/mol. The van der Waals surface area contributed by atoms with Crippen molar-refractivity contribution in [3.63, 3.8) is 0 Å². The molecule has 5 heteroatoms. The summed E-state index contributed by atoms with van der Waals surface area (Å²) < 4.78 is 8.21. The lowest BCUT2D eigenvalue weighted by Gasteiger charge is -2.34. The molecule has 1 aliphatic carbocycles. The molecule has 0 unspecified atom stereocenters. The molecule has 2 aromatic heterocycles. The molecule has 118 valence electrons. The average Bonchev–Trinajstić information content (AvgIpc) is 3.03. The number of fused-ring (bicyclic) bond motifs is 1. The molecule has 0 amide bonds. The van der Waals surface area contributed by atoms with E-state index in [1.807, 2.05) is 6.20 Å². The second kappa shape index (κ2) is 6.14. The van der Waals surface area contributed by atoms with Gasteiger partial charge in [-0.1, -0.05) is 0 Å². The van der Waals surface area contributed by atoms with Crippen molar-refractivity contribution in [2.75, 3.05) is 13.2 Å². The minimum atomic E-state index is 0.367. The summed E-state index contributed by atoms with van der Waals surface area (Å²) >= 11 is 1.77. The zero-order valence-electron chi connectivity index (χ0n) is 13.1. The fourth-order valence-corrected chi connectivity index (χ4v) is 3.83. The standard InChI is InChI=1S/C17H23N3OS/c1-13-17-18-8-16(11-21-10-14-2-3-14)20(17)6-5-19(13)9-15-4-7-22-12-15/h4,7-8,12-14H,2-3,5-6,9-11H2,1H3/t13-/m1/s1. The second-order valence-electron chi connectivity index (χ2n) is 6.50. The Morgan fingerprint density at radius 2 is 2.27 bits per heavy atom. The molecule has 0 aromatic carbocycles. The summed E-state index contributed by atoms with van der Waals surface area (Å²) in [6.07, 6.45) is 4.70. The second-order valence-corrected chi connectivity index (χ2v) is 7.28. The number of hydrogen-bond acceptors (Lipinski definition) is 4. The molecule has 0 bridgehead atoms. The first-order valence-electron chi connectivity index (χ1n) is 8.18. The lowest BCUT2D eigenvalue weighted by molar-refractivity contribution is 0.101. The van der Waals surface area contributed by atoms with Crippen molar-refractivity contribution in [3.05, 3.63) is 40.1 Å². The van der Waals surface area contributed by atoms with Gasteiger partial charge in [-0.2, -0.15) is 11.3 Å². The van der Waals surface area contributed by atoms with Crippen LogP contribution in [0.4, 0.5) is 0 Å². The average molecular weight is 317 g/mol. The summed E-state index contributed by atoms with van der Waals surface area (Å²) in [5.74, 6) is 2.01. The van der Waals surface area contributed by atoms with E-state index in [1.165, 1.54) is 29.9 Å². The maximum absolute atomic E-state index is 5.84. The van der Waals surface area contributed by atoms with Gasteiger partial charge in [0.25, 0.3) is 0 Å². The third kappa shape index (κ3) is 2.98. The SMILES string of the molecule is C[C@@H]1c2ncc(COCC3CC3)n2CCN1Cc1ccsc1. The van der Waals surface area contributed by atoms with E-state index in [2.05, 4.69) is 38.2 Å². The molecule has 0 radical (unpaired) electrons. The Labute approximate surface area is 135 Å². The van der Waals surface area contributed by atoms with Crippen molar-refractivity contribution < 1.29 is 4.74 Å². The van der Waals surface area contributed by atoms with Crippen LogP contribution in [-0.2, 0) is 24.4 Å². The van der Waals surface area contributed by atoms with Gasteiger partial charge in [0.15, 0.2) is 0 Å². The predicted molar refractivity (Wildman–Crippen MR) is 87.8 cm³/mol. The van der Waals surface area contributed by atoms with Crippen LogP contribution in [0.1, 0.15) is 42.9 Å². The molecular weight excluding hydrogens is 294 g/mol. The van der Waals surface area contributed by atoms with Crippen LogP contribution < -0.4 is 0 Å². The van der Waals surface area contributed by atoms with Crippen LogP contribution in [0.25, 0.3) is 0 Å². The molecule has 0 N–H and O–H groups in total.